The van der Waals surface area contributed by atoms with Crippen molar-refractivity contribution in [2.24, 2.45) is 0 Å². The highest BCUT2D eigenvalue weighted by Crippen LogP contribution is 2.49. The van der Waals surface area contributed by atoms with Gasteiger partial charge in [0.05, 0.1) is 0 Å². The fraction of sp³-hybridized carbons (Fsp3) is 0.288. The highest BCUT2D eigenvalue weighted by molar-refractivity contribution is 7.27. The zero-order chi connectivity index (χ0) is 48.7. The number of benzene rings is 7. The minimum atomic E-state index is -1.02. The van der Waals surface area contributed by atoms with Crippen LogP contribution in [-0.4, -0.2) is 10.2 Å². The third kappa shape index (κ3) is 14.2. The van der Waals surface area contributed by atoms with Gasteiger partial charge >= 0.3 is 0 Å². The van der Waals surface area contributed by atoms with Gasteiger partial charge in [-0.25, -0.2) is 0 Å². The van der Waals surface area contributed by atoms with E-state index in [-0.39, 0.29) is 18.1 Å². The molecular formula is C59H70O6P2. The van der Waals surface area contributed by atoms with Crippen LogP contribution in [0.3, 0.4) is 0 Å². The summed E-state index contributed by atoms with van der Waals surface area (Å²) in [6.07, 6.45) is 0. The molecular weight excluding hydrogens is 867 g/mol. The number of phenolic OH excluding ortho intramolecular Hbond substituents is 2. The molecule has 8 heteroatoms. The third-order valence-corrected chi connectivity index (χ3v) is 12.8. The molecule has 0 aliphatic rings. The summed E-state index contributed by atoms with van der Waals surface area (Å²) in [4.78, 5) is 0. The molecule has 352 valence electrons. The third-order valence-electron chi connectivity index (χ3n) is 11.5. The maximum Gasteiger partial charge on any atom is 0.275 e. The SMILES string of the molecule is Cc1ccc(C(C)C)c(O)c1.Cc1ccc(C(C)C)c(O)c1.Cc1ccc(C(C)C)c(OPOc2ccccc2C(OPOc2cc(C)ccc2C(C)C)(c2ccccc2)c2ccccc2)c1. The zero-order valence-corrected chi connectivity index (χ0v) is 43.3. The fourth-order valence-electron chi connectivity index (χ4n) is 7.78. The van der Waals surface area contributed by atoms with Gasteiger partial charge in [-0.15, -0.1) is 0 Å². The number of aromatic hydroxyl groups is 2. The second kappa shape index (κ2) is 24.9. The van der Waals surface area contributed by atoms with E-state index < -0.39 is 5.60 Å². The van der Waals surface area contributed by atoms with Gasteiger partial charge in [0.25, 0.3) is 9.03 Å². The van der Waals surface area contributed by atoms with Gasteiger partial charge in [-0.2, -0.15) is 0 Å². The molecule has 0 amide bonds. The van der Waals surface area contributed by atoms with E-state index in [2.05, 4.69) is 136 Å². The van der Waals surface area contributed by atoms with Crippen LogP contribution in [0.2, 0.25) is 0 Å². The lowest BCUT2D eigenvalue weighted by atomic mass is 9.80. The summed E-state index contributed by atoms with van der Waals surface area (Å²) in [5, 5.41) is 18.9. The predicted octanol–water partition coefficient (Wildman–Crippen LogP) is 17.1. The van der Waals surface area contributed by atoms with E-state index >= 15 is 0 Å². The van der Waals surface area contributed by atoms with E-state index in [0.717, 1.165) is 72.7 Å². The predicted molar refractivity (Wildman–Crippen MR) is 283 cm³/mol. The first-order valence-electron chi connectivity index (χ1n) is 23.2. The largest absolute Gasteiger partial charge is 0.508 e. The smallest absolute Gasteiger partial charge is 0.275 e. The van der Waals surface area contributed by atoms with Crippen molar-refractivity contribution in [1.82, 2.24) is 0 Å². The second-order valence-corrected chi connectivity index (χ2v) is 19.5. The molecule has 0 bridgehead atoms. The maximum atomic E-state index is 9.46. The van der Waals surface area contributed by atoms with E-state index in [0.29, 0.717) is 40.9 Å². The van der Waals surface area contributed by atoms with Gasteiger partial charge < -0.3 is 28.3 Å². The highest BCUT2D eigenvalue weighted by Gasteiger charge is 2.41. The van der Waals surface area contributed by atoms with Crippen LogP contribution in [0, 0.1) is 27.7 Å². The van der Waals surface area contributed by atoms with Gasteiger partial charge in [0.1, 0.15) is 28.7 Å². The van der Waals surface area contributed by atoms with E-state index in [1.807, 2.05) is 92.7 Å². The summed E-state index contributed by atoms with van der Waals surface area (Å²) in [5.74, 6) is 4.66. The molecule has 2 atom stereocenters. The van der Waals surface area contributed by atoms with E-state index in [1.54, 1.807) is 12.1 Å². The molecule has 0 radical (unpaired) electrons. The van der Waals surface area contributed by atoms with Crippen LogP contribution in [0.4, 0.5) is 0 Å². The van der Waals surface area contributed by atoms with Crippen LogP contribution in [0.25, 0.3) is 0 Å². The molecule has 0 heterocycles. The standard InChI is InChI=1S/C39H42O4P2.2C10H14O/c1-27(2)33-23-21-29(5)25-37(33)41-44-40-36-20-14-13-19-35(36)39(31-15-9-7-10-16-31,32-17-11-8-12-18-32)43-45-42-38-26-30(6)22-24-34(38)28(3)4;2*1-7(2)9-5-4-8(3)6-10(9)11/h7-28,44-45H,1-6H3;2*4-7,11H,1-3H3. The number of rotatable bonds is 15. The molecule has 7 aromatic carbocycles. The van der Waals surface area contributed by atoms with Crippen molar-refractivity contribution < 1.29 is 28.3 Å². The quantitative estimate of drug-likeness (QED) is 0.0788. The van der Waals surface area contributed by atoms with E-state index in [4.69, 9.17) is 18.1 Å². The molecule has 0 saturated heterocycles. The zero-order valence-electron chi connectivity index (χ0n) is 41.3. The van der Waals surface area contributed by atoms with Crippen LogP contribution in [0.1, 0.15) is 140 Å². The van der Waals surface area contributed by atoms with Crippen molar-refractivity contribution in [2.75, 3.05) is 0 Å². The minimum Gasteiger partial charge on any atom is -0.508 e. The Hall–Kier alpha value is -5.64. The Morgan fingerprint density at radius 3 is 1.12 bits per heavy atom. The Morgan fingerprint density at radius 1 is 0.373 bits per heavy atom. The lowest BCUT2D eigenvalue weighted by molar-refractivity contribution is 0.166. The summed E-state index contributed by atoms with van der Waals surface area (Å²) in [6, 6.07) is 53.0. The molecule has 7 aromatic rings. The minimum absolute atomic E-state index is 0.247. The van der Waals surface area contributed by atoms with Crippen LogP contribution in [-0.2, 0) is 10.1 Å². The number of hydrogen-bond donors (Lipinski definition) is 2. The van der Waals surface area contributed by atoms with Crippen LogP contribution >= 0.6 is 18.1 Å². The first-order chi connectivity index (χ1) is 32.0. The first kappa shape index (κ1) is 52.3. The Bertz CT molecular complexity index is 2530. The van der Waals surface area contributed by atoms with Gasteiger partial charge in [0, 0.05) is 5.56 Å². The monoisotopic (exact) mass is 936 g/mol. The van der Waals surface area contributed by atoms with Crippen molar-refractivity contribution in [1.29, 1.82) is 0 Å². The molecule has 2 N–H and O–H groups in total. The molecule has 0 aliphatic heterocycles. The lowest BCUT2D eigenvalue weighted by Crippen LogP contribution is -2.31. The van der Waals surface area contributed by atoms with Crippen molar-refractivity contribution in [2.45, 2.75) is 112 Å². The molecule has 2 unspecified atom stereocenters. The molecule has 0 aromatic heterocycles. The molecule has 67 heavy (non-hydrogen) atoms. The van der Waals surface area contributed by atoms with Gasteiger partial charge in [0.15, 0.2) is 5.60 Å². The highest BCUT2D eigenvalue weighted by atomic mass is 31.1. The fourth-order valence-corrected chi connectivity index (χ4v) is 9.13. The average Bonchev–Trinajstić information content (AvgIpc) is 3.29. The molecule has 0 aliphatic carbocycles. The van der Waals surface area contributed by atoms with Crippen LogP contribution in [0.15, 0.2) is 158 Å². The van der Waals surface area contributed by atoms with Gasteiger partial charge in [-0.1, -0.05) is 183 Å². The number of para-hydroxylation sites is 1. The molecule has 6 nitrogen and oxygen atoms in total. The maximum absolute atomic E-state index is 9.46. The normalized spacial score (nSPS) is 11.6. The molecule has 0 spiro atoms. The van der Waals surface area contributed by atoms with Gasteiger partial charge in [-0.3, -0.25) is 0 Å². The number of phenols is 2. The van der Waals surface area contributed by atoms with Crippen LogP contribution in [0.5, 0.6) is 28.7 Å². The Labute approximate surface area is 404 Å². The number of aryl methyl sites for hydroxylation is 4. The summed E-state index contributed by atoms with van der Waals surface area (Å²) in [6.45, 7) is 25.1. The Morgan fingerprint density at radius 2 is 0.716 bits per heavy atom. The van der Waals surface area contributed by atoms with Crippen LogP contribution < -0.4 is 13.6 Å². The summed E-state index contributed by atoms with van der Waals surface area (Å²) in [5.41, 5.74) is 10.7. The molecule has 0 saturated carbocycles. The molecule has 7 rings (SSSR count). The van der Waals surface area contributed by atoms with Gasteiger partial charge in [0.2, 0.25) is 9.03 Å². The summed E-state index contributed by atoms with van der Waals surface area (Å²) in [7, 11) is -0.539. The summed E-state index contributed by atoms with van der Waals surface area (Å²) >= 11 is 0. The van der Waals surface area contributed by atoms with E-state index in [9.17, 15) is 10.2 Å². The second-order valence-electron chi connectivity index (χ2n) is 18.3. The molecule has 0 fully saturated rings. The van der Waals surface area contributed by atoms with Gasteiger partial charge in [-0.05, 0) is 137 Å². The number of hydrogen-bond acceptors (Lipinski definition) is 6. The summed E-state index contributed by atoms with van der Waals surface area (Å²) < 4.78 is 26.3. The van der Waals surface area contributed by atoms with E-state index in [1.165, 1.54) is 0 Å². The Balaban J connectivity index is 0.000000310. The van der Waals surface area contributed by atoms with Crippen molar-refractivity contribution in [3.63, 3.8) is 0 Å². The first-order valence-corrected chi connectivity index (χ1v) is 24.8. The topological polar surface area (TPSA) is 77.4 Å². The van der Waals surface area contributed by atoms with Crippen molar-refractivity contribution in [3.05, 3.63) is 219 Å². The average molecular weight is 937 g/mol. The Kier molecular flexibility index (Phi) is 19.5. The van der Waals surface area contributed by atoms with Crippen molar-refractivity contribution >= 4 is 18.1 Å². The van der Waals surface area contributed by atoms with Crippen molar-refractivity contribution in [3.8, 4) is 28.7 Å². The lowest BCUT2D eigenvalue weighted by Gasteiger charge is -2.36.